The molecule has 0 unspecified atom stereocenters. The summed E-state index contributed by atoms with van der Waals surface area (Å²) in [5.74, 6) is 0.0845. The third kappa shape index (κ3) is 12.3. The van der Waals surface area contributed by atoms with Crippen molar-refractivity contribution in [3.8, 4) is 0 Å². The zero-order valence-corrected chi connectivity index (χ0v) is 19.6. The van der Waals surface area contributed by atoms with Crippen LogP contribution in [0.3, 0.4) is 0 Å². The average molecular weight is 371 g/mol. The summed E-state index contributed by atoms with van der Waals surface area (Å²) in [4.78, 5) is 24.7. The Morgan fingerprint density at radius 3 is 1.00 bits per heavy atom. The molecule has 0 radical (unpaired) electrons. The van der Waals surface area contributed by atoms with Crippen molar-refractivity contribution in [1.82, 2.24) is 10.6 Å². The SMILES string of the molecule is CC.CC(C)(C)CC(C)(C)C(=O)NCCNC(=O)C(C)(C)CC(C)(C)C. The van der Waals surface area contributed by atoms with Crippen LogP contribution in [0.1, 0.15) is 95.9 Å². The van der Waals surface area contributed by atoms with Crippen molar-refractivity contribution in [2.24, 2.45) is 21.7 Å². The topological polar surface area (TPSA) is 58.2 Å². The number of carbonyl (C=O) groups excluding carboxylic acids is 2. The normalized spacial score (nSPS) is 12.8. The van der Waals surface area contributed by atoms with E-state index < -0.39 is 10.8 Å². The molecule has 2 amide bonds. The minimum absolute atomic E-state index is 0.0422. The van der Waals surface area contributed by atoms with Gasteiger partial charge in [0.1, 0.15) is 0 Å². The van der Waals surface area contributed by atoms with Gasteiger partial charge in [-0.05, 0) is 23.7 Å². The van der Waals surface area contributed by atoms with Gasteiger partial charge in [0.05, 0.1) is 0 Å². The molecule has 0 heterocycles. The third-order valence-corrected chi connectivity index (χ3v) is 3.87. The molecule has 0 atom stereocenters. The van der Waals surface area contributed by atoms with Crippen LogP contribution in [-0.2, 0) is 9.59 Å². The van der Waals surface area contributed by atoms with E-state index in [0.717, 1.165) is 12.8 Å². The lowest BCUT2D eigenvalue weighted by Gasteiger charge is -2.32. The largest absolute Gasteiger partial charge is 0.354 e. The van der Waals surface area contributed by atoms with E-state index in [1.165, 1.54) is 0 Å². The van der Waals surface area contributed by atoms with Gasteiger partial charge in [0.25, 0.3) is 0 Å². The number of hydrogen-bond donors (Lipinski definition) is 2. The van der Waals surface area contributed by atoms with Gasteiger partial charge in [0.2, 0.25) is 11.8 Å². The molecular formula is C22H46N2O2. The highest BCUT2D eigenvalue weighted by molar-refractivity contribution is 5.83. The first-order valence-electron chi connectivity index (χ1n) is 10.0. The summed E-state index contributed by atoms with van der Waals surface area (Å²) in [5.41, 5.74) is -0.612. The summed E-state index contributed by atoms with van der Waals surface area (Å²) in [7, 11) is 0. The van der Waals surface area contributed by atoms with Gasteiger partial charge in [0, 0.05) is 23.9 Å². The van der Waals surface area contributed by atoms with Crippen molar-refractivity contribution in [3.63, 3.8) is 0 Å². The van der Waals surface area contributed by atoms with Gasteiger partial charge < -0.3 is 10.6 Å². The van der Waals surface area contributed by atoms with E-state index in [1.54, 1.807) is 0 Å². The van der Waals surface area contributed by atoms with Crippen LogP contribution in [0.5, 0.6) is 0 Å². The summed E-state index contributed by atoms with van der Waals surface area (Å²) in [5, 5.41) is 5.89. The molecule has 4 nitrogen and oxygen atoms in total. The van der Waals surface area contributed by atoms with E-state index in [4.69, 9.17) is 0 Å². The maximum absolute atomic E-state index is 12.3. The lowest BCUT2D eigenvalue weighted by atomic mass is 9.75. The van der Waals surface area contributed by atoms with Gasteiger partial charge in [0.15, 0.2) is 0 Å². The van der Waals surface area contributed by atoms with Crippen LogP contribution in [-0.4, -0.2) is 24.9 Å². The molecule has 0 fully saturated rings. The fourth-order valence-electron chi connectivity index (χ4n) is 3.64. The number of rotatable bonds is 7. The molecule has 0 bridgehead atoms. The van der Waals surface area contributed by atoms with Crippen molar-refractivity contribution < 1.29 is 9.59 Å². The van der Waals surface area contributed by atoms with Crippen molar-refractivity contribution >= 4 is 11.8 Å². The summed E-state index contributed by atoms with van der Waals surface area (Å²) in [6.07, 6.45) is 1.63. The summed E-state index contributed by atoms with van der Waals surface area (Å²) < 4.78 is 0. The average Bonchev–Trinajstić information content (AvgIpc) is 2.39. The Morgan fingerprint density at radius 1 is 0.577 bits per heavy atom. The molecule has 156 valence electrons. The third-order valence-electron chi connectivity index (χ3n) is 3.87. The Balaban J connectivity index is 0. The molecule has 0 aliphatic rings. The van der Waals surface area contributed by atoms with Crippen LogP contribution < -0.4 is 10.6 Å². The standard InChI is InChI=1S/C20H40N2O2.C2H6/c1-17(2,3)13-19(7,8)15(23)21-11-12-22-16(24)20(9,10)14-18(4,5)6;1-2/h11-14H2,1-10H3,(H,21,23)(H,22,24);1-2H3. The van der Waals surface area contributed by atoms with Crippen molar-refractivity contribution in [2.75, 3.05) is 13.1 Å². The van der Waals surface area contributed by atoms with E-state index in [0.29, 0.717) is 13.1 Å². The van der Waals surface area contributed by atoms with Crippen molar-refractivity contribution in [2.45, 2.75) is 95.9 Å². The molecule has 0 saturated heterocycles. The summed E-state index contributed by atoms with van der Waals surface area (Å²) in [6, 6.07) is 0. The Bertz CT molecular complexity index is 396. The number of nitrogens with one attached hydrogen (secondary N) is 2. The molecule has 2 N–H and O–H groups in total. The van der Waals surface area contributed by atoms with Crippen LogP contribution >= 0.6 is 0 Å². The second-order valence-electron chi connectivity index (χ2n) is 10.8. The molecule has 4 heteroatoms. The van der Waals surface area contributed by atoms with Gasteiger partial charge in [-0.3, -0.25) is 9.59 Å². The quantitative estimate of drug-likeness (QED) is 0.607. The van der Waals surface area contributed by atoms with E-state index in [1.807, 2.05) is 41.5 Å². The van der Waals surface area contributed by atoms with Gasteiger partial charge in [-0.2, -0.15) is 0 Å². The molecule has 0 aromatic rings. The Hall–Kier alpha value is -1.06. The molecule has 0 aliphatic heterocycles. The van der Waals surface area contributed by atoms with Gasteiger partial charge in [-0.1, -0.05) is 83.1 Å². The predicted molar refractivity (Wildman–Crippen MR) is 113 cm³/mol. The maximum Gasteiger partial charge on any atom is 0.225 e. The highest BCUT2D eigenvalue weighted by atomic mass is 16.2. The molecule has 0 rings (SSSR count). The molecule has 0 aromatic carbocycles. The predicted octanol–water partition coefficient (Wildman–Crippen LogP) is 5.17. The first-order chi connectivity index (χ1) is 11.5. The van der Waals surface area contributed by atoms with Crippen molar-refractivity contribution in [1.29, 1.82) is 0 Å². The molecular weight excluding hydrogens is 324 g/mol. The van der Waals surface area contributed by atoms with E-state index >= 15 is 0 Å². The highest BCUT2D eigenvalue weighted by Crippen LogP contribution is 2.34. The van der Waals surface area contributed by atoms with Gasteiger partial charge in [-0.15, -0.1) is 0 Å². The second-order valence-corrected chi connectivity index (χ2v) is 10.8. The first kappa shape index (κ1) is 27.2. The number of amides is 2. The monoisotopic (exact) mass is 370 g/mol. The molecule has 26 heavy (non-hydrogen) atoms. The fraction of sp³-hybridized carbons (Fsp3) is 0.909. The van der Waals surface area contributed by atoms with Gasteiger partial charge >= 0.3 is 0 Å². The Morgan fingerprint density at radius 2 is 0.808 bits per heavy atom. The Kier molecular flexibility index (Phi) is 10.8. The lowest BCUT2D eigenvalue weighted by Crippen LogP contribution is -2.45. The number of carbonyl (C=O) groups is 2. The smallest absolute Gasteiger partial charge is 0.225 e. The highest BCUT2D eigenvalue weighted by Gasteiger charge is 2.33. The second kappa shape index (κ2) is 10.3. The van der Waals surface area contributed by atoms with Crippen LogP contribution in [0.2, 0.25) is 0 Å². The van der Waals surface area contributed by atoms with Crippen LogP contribution in [0, 0.1) is 21.7 Å². The zero-order chi connectivity index (χ0) is 21.4. The van der Waals surface area contributed by atoms with E-state index in [2.05, 4.69) is 52.2 Å². The fourth-order valence-corrected chi connectivity index (χ4v) is 3.64. The molecule has 0 saturated carbocycles. The van der Waals surface area contributed by atoms with Gasteiger partial charge in [-0.25, -0.2) is 0 Å². The van der Waals surface area contributed by atoms with Crippen LogP contribution in [0.15, 0.2) is 0 Å². The van der Waals surface area contributed by atoms with Crippen LogP contribution in [0.4, 0.5) is 0 Å². The van der Waals surface area contributed by atoms with E-state index in [-0.39, 0.29) is 22.6 Å². The lowest BCUT2D eigenvalue weighted by molar-refractivity contribution is -0.132. The van der Waals surface area contributed by atoms with E-state index in [9.17, 15) is 9.59 Å². The Labute approximate surface area is 163 Å². The molecule has 0 aromatic heterocycles. The molecule has 0 aliphatic carbocycles. The zero-order valence-electron chi connectivity index (χ0n) is 19.6. The summed E-state index contributed by atoms with van der Waals surface area (Å²) in [6.45, 7) is 25.6. The first-order valence-corrected chi connectivity index (χ1v) is 10.0. The minimum atomic E-state index is -0.409. The van der Waals surface area contributed by atoms with Crippen LogP contribution in [0.25, 0.3) is 0 Å². The molecule has 0 spiro atoms. The number of hydrogen-bond acceptors (Lipinski definition) is 2. The minimum Gasteiger partial charge on any atom is -0.354 e. The maximum atomic E-state index is 12.3. The summed E-state index contributed by atoms with van der Waals surface area (Å²) >= 11 is 0. The van der Waals surface area contributed by atoms with Crippen molar-refractivity contribution in [3.05, 3.63) is 0 Å².